The number of aromatic nitrogens is 2. The van der Waals surface area contributed by atoms with Gasteiger partial charge in [-0.3, -0.25) is 4.79 Å². The molecule has 1 atom stereocenters. The summed E-state index contributed by atoms with van der Waals surface area (Å²) in [6, 6.07) is 5.23. The first-order chi connectivity index (χ1) is 22.8. The number of rotatable bonds is 6. The summed E-state index contributed by atoms with van der Waals surface area (Å²) in [5.74, 6) is 0.982. The van der Waals surface area contributed by atoms with E-state index in [-0.39, 0.29) is 24.5 Å². The van der Waals surface area contributed by atoms with Crippen molar-refractivity contribution >= 4 is 55.4 Å². The van der Waals surface area contributed by atoms with Crippen LogP contribution in [0, 0.1) is 30.0 Å². The van der Waals surface area contributed by atoms with Crippen LogP contribution >= 0.6 is 11.3 Å². The molecule has 0 spiro atoms. The third-order valence-electron chi connectivity index (χ3n) is 8.06. The van der Waals surface area contributed by atoms with Gasteiger partial charge >= 0.3 is 0 Å². The summed E-state index contributed by atoms with van der Waals surface area (Å²) < 4.78 is 22.4. The van der Waals surface area contributed by atoms with Crippen LogP contribution in [-0.4, -0.2) is 29.3 Å². The molecule has 4 heterocycles. The van der Waals surface area contributed by atoms with E-state index in [9.17, 15) is 10.1 Å². The number of carbonyl (C=O) groups is 1. The third kappa shape index (κ3) is 7.34. The number of aldehydes is 1. The number of hydrogen-bond acceptors (Lipinski definition) is 10. The molecule has 0 saturated carbocycles. The number of nitrogens with zero attached hydrogens (tertiary/aromatic N) is 4. The number of unbranched alkanes of at least 4 members (excludes halogenated alkanes) is 1. The molecule has 1 fully saturated rings. The van der Waals surface area contributed by atoms with Crippen LogP contribution in [-0.2, 0) is 22.7 Å². The number of nitriles is 1. The van der Waals surface area contributed by atoms with Crippen LogP contribution in [0.25, 0.3) is 32.1 Å². The van der Waals surface area contributed by atoms with E-state index in [0.717, 1.165) is 40.9 Å². The van der Waals surface area contributed by atoms with Gasteiger partial charge in [-0.15, -0.1) is 11.3 Å². The number of anilines is 3. The monoisotopic (exact) mass is 661 g/mol. The van der Waals surface area contributed by atoms with Crippen LogP contribution < -0.4 is 21.7 Å². The molecule has 0 bridgehead atoms. The lowest BCUT2D eigenvalue weighted by molar-refractivity contribution is -0.104. The predicted octanol–water partition coefficient (Wildman–Crippen LogP) is 8.56. The van der Waals surface area contributed by atoms with Crippen LogP contribution in [0.2, 0.25) is 0 Å². The molecular weight excluding hydrogens is 614 g/mol. The molecule has 9 nitrogen and oxygen atoms in total. The number of benzene rings is 2. The number of allylic oxidation sites excluding steroid dienone is 1. The molecule has 2 aliphatic rings. The fourth-order valence-electron chi connectivity index (χ4n) is 5.70. The van der Waals surface area contributed by atoms with Gasteiger partial charge in [0, 0.05) is 40.3 Å². The zero-order valence-corrected chi connectivity index (χ0v) is 29.7. The van der Waals surface area contributed by atoms with Crippen molar-refractivity contribution < 1.29 is 13.9 Å². The topological polar surface area (TPSA) is 143 Å². The van der Waals surface area contributed by atoms with E-state index in [0.29, 0.717) is 56.4 Å². The van der Waals surface area contributed by atoms with E-state index >= 15 is 4.39 Å². The molecule has 1 unspecified atom stereocenters. The number of hydrogen-bond donors (Lipinski definition) is 3. The zero-order valence-electron chi connectivity index (χ0n) is 28.9. The molecule has 11 heteroatoms. The lowest BCUT2D eigenvalue weighted by atomic mass is 9.87. The minimum absolute atomic E-state index is 0.161. The maximum absolute atomic E-state index is 15.8. The van der Waals surface area contributed by atoms with E-state index in [1.165, 1.54) is 36.4 Å². The van der Waals surface area contributed by atoms with Gasteiger partial charge in [0.25, 0.3) is 0 Å². The molecule has 6 rings (SSSR count). The molecule has 5 N–H and O–H groups in total. The molecular formula is C36H48FN7O2S. The van der Waals surface area contributed by atoms with E-state index in [1.54, 1.807) is 6.07 Å². The highest BCUT2D eigenvalue weighted by Crippen LogP contribution is 2.48. The summed E-state index contributed by atoms with van der Waals surface area (Å²) in [6.45, 7) is 18.5. The molecule has 2 aromatic heterocycles. The molecule has 2 aliphatic heterocycles. The number of carbonyl (C=O) groups excluding carboxylic acids is 1. The first-order valence-corrected chi connectivity index (χ1v) is 17.3. The maximum atomic E-state index is 15.8. The van der Waals surface area contributed by atoms with Crippen molar-refractivity contribution in [3.63, 3.8) is 0 Å². The average molecular weight is 662 g/mol. The summed E-state index contributed by atoms with van der Waals surface area (Å²) in [7, 11) is 0. The second-order valence-electron chi connectivity index (χ2n) is 11.0. The van der Waals surface area contributed by atoms with Gasteiger partial charge < -0.3 is 26.4 Å². The van der Waals surface area contributed by atoms with E-state index < -0.39 is 5.82 Å². The van der Waals surface area contributed by atoms with Crippen molar-refractivity contribution in [2.24, 2.45) is 11.7 Å². The SMILES string of the molecule is CC.CC.CCCC.Cc1c(-c2c(F)ccc3sc(N)c(C#N)c23)c2c(c3c(N/C(C=O)=C/N)nc(N4CCC(C)C4)nc13)COC2. The van der Waals surface area contributed by atoms with Gasteiger partial charge in [0.2, 0.25) is 5.95 Å². The molecule has 1 saturated heterocycles. The number of nitrogens with two attached hydrogens (primary N) is 2. The Labute approximate surface area is 281 Å². The van der Waals surface area contributed by atoms with Gasteiger partial charge in [-0.1, -0.05) is 61.3 Å². The number of nitrogens with one attached hydrogen (secondary N) is 1. The quantitative estimate of drug-likeness (QED) is 0.137. The lowest BCUT2D eigenvalue weighted by Gasteiger charge is -2.22. The number of thiophene rings is 1. The number of halogens is 1. The van der Waals surface area contributed by atoms with Gasteiger partial charge in [0.15, 0.2) is 6.29 Å². The van der Waals surface area contributed by atoms with Gasteiger partial charge in [-0.25, -0.2) is 9.37 Å². The molecule has 252 valence electrons. The van der Waals surface area contributed by atoms with Crippen LogP contribution in [0.15, 0.2) is 24.0 Å². The van der Waals surface area contributed by atoms with Crippen molar-refractivity contribution in [2.45, 2.75) is 87.9 Å². The third-order valence-corrected chi connectivity index (χ3v) is 9.04. The minimum Gasteiger partial charge on any atom is -0.403 e. The number of fused-ring (bicyclic) bond motifs is 4. The zero-order chi connectivity index (χ0) is 34.8. The lowest BCUT2D eigenvalue weighted by Crippen LogP contribution is -2.22. The summed E-state index contributed by atoms with van der Waals surface area (Å²) in [6.07, 6.45) is 5.47. The molecule has 4 aromatic rings. The highest BCUT2D eigenvalue weighted by atomic mass is 32.1. The molecule has 0 radical (unpaired) electrons. The van der Waals surface area contributed by atoms with Crippen molar-refractivity contribution in [1.29, 1.82) is 5.26 Å². The Balaban J connectivity index is 0.000000688. The van der Waals surface area contributed by atoms with Gasteiger partial charge in [0.05, 0.1) is 30.0 Å². The minimum atomic E-state index is -0.455. The van der Waals surface area contributed by atoms with Crippen molar-refractivity contribution in [3.8, 4) is 17.2 Å². The fourth-order valence-corrected chi connectivity index (χ4v) is 6.63. The smallest absolute Gasteiger partial charge is 0.227 e. The highest BCUT2D eigenvalue weighted by Gasteiger charge is 2.31. The first kappa shape index (κ1) is 37.2. The number of aryl methyl sites for hydroxylation is 1. The summed E-state index contributed by atoms with van der Waals surface area (Å²) in [4.78, 5) is 23.6. The molecule has 2 aromatic carbocycles. The number of nitrogen functional groups attached to an aromatic ring is 1. The standard InChI is InChI=1S/C28H26FN7O2S.C4H10.2C2H6/c1-13-5-6-36(9-13)28-34-25-14(2)21(24-19(29)3-4-20-22(24)16(8-31)26(32)39-20)17-11-38-12-18(17)23(25)27(35-28)33-15(7-30)10-37;1-3-4-2;2*1-2/h3-4,7,10,13H,5-6,9,11-12,30,32H2,1-2H3,(H,33,34,35);3-4H2,1-2H3;2*1-2H3/b15-7+;;;. The number of ether oxygens (including phenoxy) is 1. The van der Waals surface area contributed by atoms with Gasteiger partial charge in [0.1, 0.15) is 22.7 Å². The second kappa shape index (κ2) is 17.0. The summed E-state index contributed by atoms with van der Waals surface area (Å²) in [5.41, 5.74) is 16.2. The van der Waals surface area contributed by atoms with Crippen molar-refractivity contribution in [2.75, 3.05) is 29.0 Å². The molecule has 47 heavy (non-hydrogen) atoms. The highest BCUT2D eigenvalue weighted by molar-refractivity contribution is 7.23. The average Bonchev–Trinajstić information content (AvgIpc) is 3.84. The fraction of sp³-hybridized carbons (Fsp3) is 0.444. The van der Waals surface area contributed by atoms with E-state index in [2.05, 4.69) is 37.1 Å². The normalized spacial score (nSPS) is 15.1. The molecule has 0 amide bonds. The van der Waals surface area contributed by atoms with Crippen LogP contribution in [0.4, 0.5) is 21.2 Å². The van der Waals surface area contributed by atoms with Gasteiger partial charge in [-0.2, -0.15) is 10.2 Å². The van der Waals surface area contributed by atoms with E-state index in [1.807, 2.05) is 34.6 Å². The predicted molar refractivity (Wildman–Crippen MR) is 194 cm³/mol. The Bertz CT molecular complexity index is 1790. The van der Waals surface area contributed by atoms with Crippen molar-refractivity contribution in [1.82, 2.24) is 9.97 Å². The Morgan fingerprint density at radius 3 is 2.40 bits per heavy atom. The van der Waals surface area contributed by atoms with Crippen molar-refractivity contribution in [3.05, 3.63) is 52.1 Å². The van der Waals surface area contributed by atoms with E-state index in [4.69, 9.17) is 26.2 Å². The van der Waals surface area contributed by atoms with Crippen LogP contribution in [0.3, 0.4) is 0 Å². The van der Waals surface area contributed by atoms with Crippen LogP contribution in [0.1, 0.15) is 90.0 Å². The Hall–Kier alpha value is -4.27. The Kier molecular flexibility index (Phi) is 13.5. The van der Waals surface area contributed by atoms with Gasteiger partial charge in [-0.05, 0) is 53.6 Å². The van der Waals surface area contributed by atoms with Crippen LogP contribution in [0.5, 0.6) is 0 Å². The molecule has 0 aliphatic carbocycles. The first-order valence-electron chi connectivity index (χ1n) is 16.5. The maximum Gasteiger partial charge on any atom is 0.227 e. The Morgan fingerprint density at radius 2 is 1.83 bits per heavy atom. The Morgan fingerprint density at radius 1 is 1.15 bits per heavy atom. The second-order valence-corrected chi connectivity index (χ2v) is 12.1. The largest absolute Gasteiger partial charge is 0.403 e. The summed E-state index contributed by atoms with van der Waals surface area (Å²) >= 11 is 1.26. The summed E-state index contributed by atoms with van der Waals surface area (Å²) in [5, 5.41) is 14.5.